The highest BCUT2D eigenvalue weighted by atomic mass is 16.3. The highest BCUT2D eigenvalue weighted by Crippen LogP contribution is 2.32. The molecule has 1 saturated carbocycles. The van der Waals surface area contributed by atoms with Gasteiger partial charge in [-0.25, -0.2) is 0 Å². The van der Waals surface area contributed by atoms with Crippen LogP contribution >= 0.6 is 0 Å². The molecule has 0 heterocycles. The topological polar surface area (TPSA) is 58.3 Å². The van der Waals surface area contributed by atoms with Crippen LogP contribution in [-0.4, -0.2) is 17.3 Å². The standard InChI is InChI=1S/C14H22N2O/c1-11-3-2-8-14(17,9-11)10-16-13-6-4-12(15)5-7-13/h4-7,11,16-17H,2-3,8-10,15H2,1H3. The van der Waals surface area contributed by atoms with E-state index in [0.717, 1.165) is 30.6 Å². The van der Waals surface area contributed by atoms with E-state index in [1.54, 1.807) is 0 Å². The smallest absolute Gasteiger partial charge is 0.0821 e. The fourth-order valence-electron chi connectivity index (χ4n) is 2.66. The van der Waals surface area contributed by atoms with Gasteiger partial charge in [0.2, 0.25) is 0 Å². The first-order valence-electron chi connectivity index (χ1n) is 6.39. The number of nitrogens with one attached hydrogen (secondary N) is 1. The van der Waals surface area contributed by atoms with Crippen LogP contribution in [0.4, 0.5) is 11.4 Å². The second kappa shape index (κ2) is 4.96. The molecular weight excluding hydrogens is 212 g/mol. The summed E-state index contributed by atoms with van der Waals surface area (Å²) in [4.78, 5) is 0. The lowest BCUT2D eigenvalue weighted by molar-refractivity contribution is -0.000760. The van der Waals surface area contributed by atoms with Crippen LogP contribution in [0.15, 0.2) is 24.3 Å². The second-order valence-electron chi connectivity index (χ2n) is 5.40. The van der Waals surface area contributed by atoms with Gasteiger partial charge in [-0.05, 0) is 43.0 Å². The van der Waals surface area contributed by atoms with Crippen molar-refractivity contribution in [2.75, 3.05) is 17.6 Å². The summed E-state index contributed by atoms with van der Waals surface area (Å²) in [6.45, 7) is 2.84. The molecule has 2 rings (SSSR count). The van der Waals surface area contributed by atoms with E-state index < -0.39 is 5.60 Å². The number of hydrogen-bond acceptors (Lipinski definition) is 3. The van der Waals surface area contributed by atoms with Crippen molar-refractivity contribution in [3.8, 4) is 0 Å². The Morgan fingerprint density at radius 2 is 2.12 bits per heavy atom. The van der Waals surface area contributed by atoms with Gasteiger partial charge >= 0.3 is 0 Å². The molecule has 0 spiro atoms. The van der Waals surface area contributed by atoms with Gasteiger partial charge in [0, 0.05) is 17.9 Å². The number of rotatable bonds is 3. The van der Waals surface area contributed by atoms with Crippen molar-refractivity contribution in [1.82, 2.24) is 0 Å². The first kappa shape index (κ1) is 12.2. The number of benzene rings is 1. The number of nitrogens with two attached hydrogens (primary N) is 1. The first-order chi connectivity index (χ1) is 8.07. The van der Waals surface area contributed by atoms with Gasteiger partial charge in [-0.3, -0.25) is 0 Å². The molecule has 1 aliphatic carbocycles. The quantitative estimate of drug-likeness (QED) is 0.705. The Morgan fingerprint density at radius 3 is 2.76 bits per heavy atom. The third-order valence-corrected chi connectivity index (χ3v) is 3.60. The zero-order chi connectivity index (χ0) is 12.3. The number of aliphatic hydroxyl groups is 1. The minimum atomic E-state index is -0.543. The van der Waals surface area contributed by atoms with Crippen molar-refractivity contribution in [3.05, 3.63) is 24.3 Å². The molecule has 1 aliphatic rings. The van der Waals surface area contributed by atoms with Gasteiger partial charge < -0.3 is 16.2 Å². The van der Waals surface area contributed by atoms with Crippen LogP contribution in [0.3, 0.4) is 0 Å². The van der Waals surface area contributed by atoms with E-state index in [-0.39, 0.29) is 0 Å². The van der Waals surface area contributed by atoms with Gasteiger partial charge in [-0.2, -0.15) is 0 Å². The summed E-state index contributed by atoms with van der Waals surface area (Å²) in [5.41, 5.74) is 6.87. The van der Waals surface area contributed by atoms with E-state index in [2.05, 4.69) is 12.2 Å². The van der Waals surface area contributed by atoms with E-state index in [4.69, 9.17) is 5.73 Å². The first-order valence-corrected chi connectivity index (χ1v) is 6.39. The van der Waals surface area contributed by atoms with E-state index >= 15 is 0 Å². The SMILES string of the molecule is CC1CCCC(O)(CNc2ccc(N)cc2)C1. The Bertz CT molecular complexity index is 363. The zero-order valence-corrected chi connectivity index (χ0v) is 10.4. The summed E-state index contributed by atoms with van der Waals surface area (Å²) in [6.07, 6.45) is 4.17. The van der Waals surface area contributed by atoms with Gasteiger partial charge in [0.15, 0.2) is 0 Å². The van der Waals surface area contributed by atoms with Gasteiger partial charge in [0.25, 0.3) is 0 Å². The third kappa shape index (κ3) is 3.37. The van der Waals surface area contributed by atoms with Gasteiger partial charge in [0.05, 0.1) is 5.60 Å². The van der Waals surface area contributed by atoms with Crippen LogP contribution in [0, 0.1) is 5.92 Å². The maximum Gasteiger partial charge on any atom is 0.0821 e. The average molecular weight is 234 g/mol. The number of anilines is 2. The third-order valence-electron chi connectivity index (χ3n) is 3.60. The molecule has 2 atom stereocenters. The molecule has 0 radical (unpaired) electrons. The Morgan fingerprint density at radius 1 is 1.41 bits per heavy atom. The molecule has 3 heteroatoms. The summed E-state index contributed by atoms with van der Waals surface area (Å²) in [6, 6.07) is 7.64. The molecule has 1 aromatic carbocycles. The summed E-state index contributed by atoms with van der Waals surface area (Å²) < 4.78 is 0. The molecule has 2 unspecified atom stereocenters. The molecule has 1 aromatic rings. The van der Waals surface area contributed by atoms with Crippen LogP contribution in [0.1, 0.15) is 32.6 Å². The Labute approximate surface area is 103 Å². The normalized spacial score (nSPS) is 28.9. The van der Waals surface area contributed by atoms with Gasteiger partial charge in [-0.15, -0.1) is 0 Å². The van der Waals surface area contributed by atoms with E-state index in [9.17, 15) is 5.11 Å². The van der Waals surface area contributed by atoms with Crippen molar-refractivity contribution < 1.29 is 5.11 Å². The zero-order valence-electron chi connectivity index (χ0n) is 10.4. The van der Waals surface area contributed by atoms with E-state index in [1.807, 2.05) is 24.3 Å². The van der Waals surface area contributed by atoms with E-state index in [0.29, 0.717) is 12.5 Å². The summed E-state index contributed by atoms with van der Waals surface area (Å²) in [5.74, 6) is 0.627. The lowest BCUT2D eigenvalue weighted by Crippen LogP contribution is -2.41. The maximum atomic E-state index is 10.5. The van der Waals surface area contributed by atoms with Crippen molar-refractivity contribution in [3.63, 3.8) is 0 Å². The summed E-state index contributed by atoms with van der Waals surface area (Å²) >= 11 is 0. The molecule has 94 valence electrons. The van der Waals surface area contributed by atoms with Gasteiger partial charge in [-0.1, -0.05) is 19.8 Å². The molecule has 0 saturated heterocycles. The largest absolute Gasteiger partial charge is 0.399 e. The van der Waals surface area contributed by atoms with Crippen molar-refractivity contribution in [2.45, 2.75) is 38.2 Å². The summed E-state index contributed by atoms with van der Waals surface area (Å²) in [7, 11) is 0. The van der Waals surface area contributed by atoms with Crippen molar-refractivity contribution in [1.29, 1.82) is 0 Å². The highest BCUT2D eigenvalue weighted by molar-refractivity contribution is 5.51. The van der Waals surface area contributed by atoms with Crippen molar-refractivity contribution in [2.24, 2.45) is 5.92 Å². The monoisotopic (exact) mass is 234 g/mol. The molecule has 3 nitrogen and oxygen atoms in total. The fourth-order valence-corrected chi connectivity index (χ4v) is 2.66. The van der Waals surface area contributed by atoms with Crippen LogP contribution in [0.25, 0.3) is 0 Å². The predicted molar refractivity (Wildman–Crippen MR) is 71.9 cm³/mol. The highest BCUT2D eigenvalue weighted by Gasteiger charge is 2.32. The Hall–Kier alpha value is -1.22. The molecule has 4 N–H and O–H groups in total. The van der Waals surface area contributed by atoms with Crippen LogP contribution in [0.5, 0.6) is 0 Å². The predicted octanol–water partition coefficient (Wildman–Crippen LogP) is 2.62. The second-order valence-corrected chi connectivity index (χ2v) is 5.40. The van der Waals surface area contributed by atoms with Crippen LogP contribution in [-0.2, 0) is 0 Å². The minimum Gasteiger partial charge on any atom is -0.399 e. The molecule has 17 heavy (non-hydrogen) atoms. The van der Waals surface area contributed by atoms with E-state index in [1.165, 1.54) is 6.42 Å². The molecule has 0 aromatic heterocycles. The van der Waals surface area contributed by atoms with Crippen LogP contribution < -0.4 is 11.1 Å². The molecule has 0 amide bonds. The number of hydrogen-bond donors (Lipinski definition) is 3. The average Bonchev–Trinajstić information content (AvgIpc) is 2.28. The Balaban J connectivity index is 1.90. The van der Waals surface area contributed by atoms with Crippen LogP contribution in [0.2, 0.25) is 0 Å². The Kier molecular flexibility index (Phi) is 3.57. The molecule has 1 fully saturated rings. The lowest BCUT2D eigenvalue weighted by atomic mass is 9.79. The summed E-state index contributed by atoms with van der Waals surface area (Å²) in [5, 5.41) is 13.8. The molecule has 0 aliphatic heterocycles. The lowest BCUT2D eigenvalue weighted by Gasteiger charge is -2.35. The molecule has 0 bridgehead atoms. The molecular formula is C14H22N2O. The van der Waals surface area contributed by atoms with Crippen molar-refractivity contribution >= 4 is 11.4 Å². The fraction of sp³-hybridized carbons (Fsp3) is 0.571. The number of nitrogen functional groups attached to an aromatic ring is 1. The maximum absolute atomic E-state index is 10.5. The minimum absolute atomic E-state index is 0.543. The van der Waals surface area contributed by atoms with Gasteiger partial charge in [0.1, 0.15) is 0 Å².